The number of aromatic nitrogens is 3. The van der Waals surface area contributed by atoms with E-state index in [4.69, 9.17) is 11.1 Å². The van der Waals surface area contributed by atoms with E-state index in [-0.39, 0.29) is 60.6 Å². The van der Waals surface area contributed by atoms with E-state index in [0.29, 0.717) is 35.4 Å². The summed E-state index contributed by atoms with van der Waals surface area (Å²) in [7, 11) is 0. The number of unbranched alkanes of at least 4 members (excludes halogenated alkanes) is 6. The van der Waals surface area contributed by atoms with Crippen molar-refractivity contribution in [1.29, 1.82) is 5.41 Å². The SMILES string of the molecule is Cc1ncsc1-c1ccc([C@H](C)NC(=O)[C@@H]2C[C@@H](O)CN2C(=O)[C@@H](NC(=O)CCCCCCCCCNC(=O)C(N/C=C(\C=N)c2cc(-c3ccccc3O)nnc2N)c2ccccc2)C(C)(C)C)cc1. The van der Waals surface area contributed by atoms with Crippen molar-refractivity contribution >= 4 is 52.6 Å². The number of nitrogens with one attached hydrogen (secondary N) is 5. The highest BCUT2D eigenvalue weighted by Crippen LogP contribution is 2.32. The van der Waals surface area contributed by atoms with Gasteiger partial charge in [0, 0.05) is 55.0 Å². The Balaban J connectivity index is 0.913. The van der Waals surface area contributed by atoms with Gasteiger partial charge in [0.05, 0.1) is 33.9 Å². The number of para-hydroxylation sites is 1. The number of aromatic hydroxyl groups is 1. The molecule has 17 heteroatoms. The molecule has 376 valence electrons. The minimum atomic E-state index is -0.889. The van der Waals surface area contributed by atoms with Gasteiger partial charge in [-0.25, -0.2) is 4.98 Å². The molecule has 0 spiro atoms. The van der Waals surface area contributed by atoms with Crippen LogP contribution in [0.4, 0.5) is 5.82 Å². The van der Waals surface area contributed by atoms with Crippen LogP contribution in [-0.4, -0.2) is 91.4 Å². The Morgan fingerprint density at radius 3 is 2.24 bits per heavy atom. The lowest BCUT2D eigenvalue weighted by atomic mass is 9.85. The molecule has 1 aliphatic heterocycles. The maximum Gasteiger partial charge on any atom is 0.247 e. The first-order valence-electron chi connectivity index (χ1n) is 24.4. The average Bonchev–Trinajstić information content (AvgIpc) is 3.98. The zero-order chi connectivity index (χ0) is 51.1. The van der Waals surface area contributed by atoms with E-state index in [1.165, 1.54) is 4.90 Å². The second-order valence-electron chi connectivity index (χ2n) is 19.2. The lowest BCUT2D eigenvalue weighted by Crippen LogP contribution is -2.57. The molecule has 6 rings (SSSR count). The van der Waals surface area contributed by atoms with Crippen molar-refractivity contribution in [2.45, 2.75) is 123 Å². The molecule has 1 saturated heterocycles. The first kappa shape index (κ1) is 53.4. The maximum atomic E-state index is 14.1. The number of thiazole rings is 1. The minimum Gasteiger partial charge on any atom is -0.507 e. The number of carbonyl (C=O) groups excluding carboxylic acids is 4. The largest absolute Gasteiger partial charge is 0.507 e. The maximum absolute atomic E-state index is 14.1. The summed E-state index contributed by atoms with van der Waals surface area (Å²) in [5.74, 6) is -1.07. The van der Waals surface area contributed by atoms with Gasteiger partial charge in [-0.15, -0.1) is 21.5 Å². The number of anilines is 1. The number of aliphatic hydroxyl groups excluding tert-OH is 1. The summed E-state index contributed by atoms with van der Waals surface area (Å²) in [5, 5.41) is 49.6. The van der Waals surface area contributed by atoms with Crippen LogP contribution in [0.1, 0.15) is 120 Å². The number of aliphatic hydroxyl groups is 1. The van der Waals surface area contributed by atoms with Crippen LogP contribution in [0.3, 0.4) is 0 Å². The number of nitrogen functional groups attached to an aromatic ring is 1. The Bertz CT molecular complexity index is 2630. The summed E-state index contributed by atoms with van der Waals surface area (Å²) in [6.45, 7) is 9.98. The Labute approximate surface area is 420 Å². The van der Waals surface area contributed by atoms with Gasteiger partial charge in [-0.1, -0.05) is 120 Å². The highest BCUT2D eigenvalue weighted by Gasteiger charge is 2.44. The second-order valence-corrected chi connectivity index (χ2v) is 20.1. The van der Waals surface area contributed by atoms with Crippen LogP contribution in [0, 0.1) is 17.7 Å². The monoisotopic (exact) mass is 985 g/mol. The van der Waals surface area contributed by atoms with Gasteiger partial charge in [-0.3, -0.25) is 19.2 Å². The summed E-state index contributed by atoms with van der Waals surface area (Å²) in [6, 6.07) is 22.8. The van der Waals surface area contributed by atoms with Crippen LogP contribution in [0.15, 0.2) is 96.6 Å². The number of aryl methyl sites for hydroxylation is 1. The number of hydrogen-bond donors (Lipinski definition) is 8. The number of phenolic OH excluding ortho intramolecular Hbond substituents is 1. The molecule has 0 saturated carbocycles. The number of benzene rings is 3. The van der Waals surface area contributed by atoms with Gasteiger partial charge in [0.25, 0.3) is 0 Å². The highest BCUT2D eigenvalue weighted by atomic mass is 32.1. The van der Waals surface area contributed by atoms with Gasteiger partial charge < -0.3 is 47.5 Å². The lowest BCUT2D eigenvalue weighted by molar-refractivity contribution is -0.144. The van der Waals surface area contributed by atoms with Crippen LogP contribution < -0.4 is 27.0 Å². The van der Waals surface area contributed by atoms with Gasteiger partial charge in [-0.05, 0) is 67.0 Å². The lowest BCUT2D eigenvalue weighted by Gasteiger charge is -2.35. The molecule has 5 aromatic rings. The van der Waals surface area contributed by atoms with Crippen molar-refractivity contribution in [3.8, 4) is 27.4 Å². The van der Waals surface area contributed by atoms with E-state index < -0.39 is 29.6 Å². The van der Waals surface area contributed by atoms with Gasteiger partial charge in [0.2, 0.25) is 23.6 Å². The summed E-state index contributed by atoms with van der Waals surface area (Å²) in [5.41, 5.74) is 12.6. The Morgan fingerprint density at radius 1 is 0.901 bits per heavy atom. The third-order valence-corrected chi connectivity index (χ3v) is 13.7. The number of phenols is 1. The minimum absolute atomic E-state index is 0.00619. The number of β-amino-alcohol motifs (C(OH)–C–C–N with tert-alkyl or cyclic N) is 1. The van der Waals surface area contributed by atoms with Crippen LogP contribution in [0.25, 0.3) is 27.3 Å². The third kappa shape index (κ3) is 14.5. The van der Waals surface area contributed by atoms with Gasteiger partial charge in [-0.2, -0.15) is 0 Å². The number of hydrogen-bond acceptors (Lipinski definition) is 13. The topological polar surface area (TPSA) is 249 Å². The smallest absolute Gasteiger partial charge is 0.247 e. The molecule has 0 aliphatic carbocycles. The van der Waals surface area contributed by atoms with Crippen LogP contribution >= 0.6 is 11.3 Å². The molecule has 0 bridgehead atoms. The molecule has 4 amide bonds. The molecule has 9 N–H and O–H groups in total. The van der Waals surface area contributed by atoms with Crippen LogP contribution in [-0.2, 0) is 19.2 Å². The average molecular weight is 985 g/mol. The number of nitrogens with two attached hydrogens (primary N) is 1. The fourth-order valence-corrected chi connectivity index (χ4v) is 9.46. The molecule has 3 aromatic carbocycles. The fourth-order valence-electron chi connectivity index (χ4n) is 8.65. The number of rotatable bonds is 23. The van der Waals surface area contributed by atoms with E-state index in [9.17, 15) is 29.4 Å². The fraction of sp³-hybridized carbons (Fsp3) is 0.407. The van der Waals surface area contributed by atoms with E-state index in [2.05, 4.69) is 36.4 Å². The number of nitrogens with zero attached hydrogens (tertiary/aromatic N) is 4. The molecule has 1 fully saturated rings. The van der Waals surface area contributed by atoms with Crippen molar-refractivity contribution in [2.75, 3.05) is 18.8 Å². The van der Waals surface area contributed by atoms with Gasteiger partial charge in [0.15, 0.2) is 5.82 Å². The first-order chi connectivity index (χ1) is 34.0. The van der Waals surface area contributed by atoms with Crippen LogP contribution in [0.5, 0.6) is 5.75 Å². The van der Waals surface area contributed by atoms with E-state index >= 15 is 0 Å². The van der Waals surface area contributed by atoms with Crippen molar-refractivity contribution in [2.24, 2.45) is 5.41 Å². The molecule has 1 unspecified atom stereocenters. The number of carbonyl (C=O) groups is 4. The molecular weight excluding hydrogens is 917 g/mol. The number of likely N-dealkylation sites (tertiary alicyclic amines) is 1. The predicted octanol–water partition coefficient (Wildman–Crippen LogP) is 7.79. The molecule has 0 radical (unpaired) electrons. The number of allylic oxidation sites excluding steroid dienone is 1. The van der Waals surface area contributed by atoms with Crippen molar-refractivity contribution in [1.82, 2.24) is 41.3 Å². The third-order valence-electron chi connectivity index (χ3n) is 12.7. The first-order valence-corrected chi connectivity index (χ1v) is 25.2. The Hall–Kier alpha value is -6.98. The molecule has 2 aromatic heterocycles. The Morgan fingerprint density at radius 2 is 1.58 bits per heavy atom. The number of amides is 4. The summed E-state index contributed by atoms with van der Waals surface area (Å²) < 4.78 is 0. The molecule has 3 heterocycles. The quantitative estimate of drug-likeness (QED) is 0.0232. The van der Waals surface area contributed by atoms with Gasteiger partial charge in [0.1, 0.15) is 23.9 Å². The summed E-state index contributed by atoms with van der Waals surface area (Å²) in [4.78, 5) is 61.5. The standard InChI is InChI=1S/C54H68N10O6S/c1-34(36-23-25-38(26-24-36)48-35(2)59-33-71-48)60-51(68)44-28-40(65)32-64(44)53(70)49(54(3,4)5)61-46(67)22-14-9-7-6-8-10-17-27-57-52(69)47(37-18-12-11-13-19-37)58-31-39(30-55)42-29-43(62-63-50(42)56)41-20-15-16-21-45(41)66/h11-13,15-16,18-21,23-26,29-31,33-34,40,44,47,49,55,58,65-66H,6-10,14,17,22,27-28,32H2,1-5H3,(H2,56,63)(H,57,69)(H,60,68)(H,61,67)/b39-31+,55-30?/t34-,40+,44-,47?,49+/m0/s1. The highest BCUT2D eigenvalue weighted by molar-refractivity contribution is 7.13. The van der Waals surface area contributed by atoms with E-state index in [0.717, 1.165) is 72.0 Å². The molecular formula is C54H68N10O6S. The molecule has 5 atom stereocenters. The second kappa shape index (κ2) is 25.2. The zero-order valence-corrected chi connectivity index (χ0v) is 42.1. The summed E-state index contributed by atoms with van der Waals surface area (Å²) >= 11 is 1.58. The molecule has 71 heavy (non-hydrogen) atoms. The predicted molar refractivity (Wildman–Crippen MR) is 279 cm³/mol. The van der Waals surface area contributed by atoms with Crippen molar-refractivity contribution in [3.05, 3.63) is 119 Å². The van der Waals surface area contributed by atoms with E-state index in [1.807, 2.05) is 94.7 Å². The normalized spacial score (nSPS) is 16.1. The van der Waals surface area contributed by atoms with E-state index in [1.54, 1.807) is 47.9 Å². The zero-order valence-electron chi connectivity index (χ0n) is 41.3. The van der Waals surface area contributed by atoms with Crippen molar-refractivity contribution in [3.63, 3.8) is 0 Å². The molecule has 16 nitrogen and oxygen atoms in total. The molecule has 1 aliphatic rings. The summed E-state index contributed by atoms with van der Waals surface area (Å²) in [6.07, 6.45) is 8.26. The Kier molecular flexibility index (Phi) is 19.0. The van der Waals surface area contributed by atoms with Crippen LogP contribution in [0.2, 0.25) is 0 Å². The van der Waals surface area contributed by atoms with Crippen molar-refractivity contribution < 1.29 is 29.4 Å². The van der Waals surface area contributed by atoms with Gasteiger partial charge >= 0.3 is 0 Å².